The molecule has 0 saturated carbocycles. The Morgan fingerprint density at radius 2 is 1.96 bits per heavy atom. The van der Waals surface area contributed by atoms with E-state index in [0.717, 1.165) is 38.1 Å². The van der Waals surface area contributed by atoms with Crippen LogP contribution in [0.25, 0.3) is 11.3 Å². The van der Waals surface area contributed by atoms with E-state index < -0.39 is 0 Å². The molecule has 0 fully saturated rings. The van der Waals surface area contributed by atoms with Gasteiger partial charge in [-0.2, -0.15) is 5.10 Å². The van der Waals surface area contributed by atoms with Gasteiger partial charge >= 0.3 is 0 Å². The number of hydrogen-bond acceptors (Lipinski definition) is 7. The Morgan fingerprint density at radius 1 is 1.11 bits per heavy atom. The van der Waals surface area contributed by atoms with E-state index in [2.05, 4.69) is 11.1 Å². The van der Waals surface area contributed by atoms with Crippen molar-refractivity contribution in [2.75, 3.05) is 34.5 Å². The van der Waals surface area contributed by atoms with E-state index in [0.29, 0.717) is 13.2 Å². The van der Waals surface area contributed by atoms with Crippen molar-refractivity contribution in [1.29, 1.82) is 0 Å². The molecule has 3 aromatic rings. The van der Waals surface area contributed by atoms with E-state index in [9.17, 15) is 0 Å². The molecule has 8 heteroatoms. The first kappa shape index (κ1) is 20.3. The van der Waals surface area contributed by atoms with Gasteiger partial charge < -0.3 is 14.2 Å². The van der Waals surface area contributed by atoms with E-state index >= 15 is 0 Å². The van der Waals surface area contributed by atoms with Crippen LogP contribution < -0.4 is 14.3 Å². The van der Waals surface area contributed by atoms with Crippen LogP contribution in [0, 0.1) is 0 Å². The molecule has 0 amide bonds. The Bertz CT molecular complexity index is 1000. The van der Waals surface area contributed by atoms with E-state index in [1.165, 1.54) is 11.3 Å². The van der Waals surface area contributed by atoms with Crippen molar-refractivity contribution in [2.24, 2.45) is 10.1 Å². The number of benzene rings is 1. The van der Waals surface area contributed by atoms with Crippen LogP contribution in [-0.4, -0.2) is 44.9 Å². The number of ether oxygens (including phenoxy) is 3. The molecule has 28 heavy (non-hydrogen) atoms. The number of thiophene rings is 1. The van der Waals surface area contributed by atoms with Crippen LogP contribution >= 0.6 is 22.7 Å². The minimum atomic E-state index is 0.559. The van der Waals surface area contributed by atoms with Gasteiger partial charge in [-0.05, 0) is 36.6 Å². The normalized spacial score (nSPS) is 12.4. The summed E-state index contributed by atoms with van der Waals surface area (Å²) >= 11 is 3.19. The van der Waals surface area contributed by atoms with Gasteiger partial charge in [0, 0.05) is 18.1 Å². The number of nitrogens with zero attached hydrogens (tertiary/aromatic N) is 3. The molecule has 0 saturated heterocycles. The van der Waals surface area contributed by atoms with Gasteiger partial charge in [-0.15, -0.1) is 22.7 Å². The van der Waals surface area contributed by atoms with Gasteiger partial charge in [-0.25, -0.2) is 4.68 Å². The summed E-state index contributed by atoms with van der Waals surface area (Å²) in [6, 6.07) is 9.81. The molecule has 148 valence electrons. The van der Waals surface area contributed by atoms with Crippen LogP contribution in [-0.2, 0) is 4.74 Å². The lowest BCUT2D eigenvalue weighted by Crippen LogP contribution is -2.15. The average molecular weight is 418 g/mol. The summed E-state index contributed by atoms with van der Waals surface area (Å²) in [5, 5.41) is 8.95. The summed E-state index contributed by atoms with van der Waals surface area (Å²) in [5.41, 5.74) is 2.71. The second kappa shape index (κ2) is 9.68. The molecule has 2 heterocycles. The summed E-state index contributed by atoms with van der Waals surface area (Å²) in [7, 11) is 4.98. The van der Waals surface area contributed by atoms with Crippen LogP contribution in [0.2, 0.25) is 0 Å². The zero-order valence-electron chi connectivity index (χ0n) is 16.3. The Morgan fingerprint density at radius 3 is 2.64 bits per heavy atom. The molecule has 0 radical (unpaired) electrons. The summed E-state index contributed by atoms with van der Waals surface area (Å²) in [4.78, 5) is 6.57. The second-order valence-electron chi connectivity index (χ2n) is 5.82. The summed E-state index contributed by atoms with van der Waals surface area (Å²) in [6.07, 6.45) is 0. The predicted octanol–water partition coefficient (Wildman–Crippen LogP) is 4.11. The molecule has 0 aliphatic rings. The molecule has 0 spiro atoms. The summed E-state index contributed by atoms with van der Waals surface area (Å²) in [5.74, 6) is 1.50. The molecule has 0 atom stereocenters. The standard InChI is InChI=1S/C20H23N3O3S2/c1-14(19-6-5-11-27-19)22-23-17(13-28-20(23)21-9-10-24-2)16-12-15(25-3)7-8-18(16)26-4/h5-8,11-13H,9-10H2,1-4H3/b21-20?,22-14+. The molecule has 0 unspecified atom stereocenters. The van der Waals surface area contributed by atoms with Gasteiger partial charge in [-0.1, -0.05) is 6.07 Å². The van der Waals surface area contributed by atoms with Crippen LogP contribution in [0.3, 0.4) is 0 Å². The zero-order chi connectivity index (χ0) is 19.9. The summed E-state index contributed by atoms with van der Waals surface area (Å²) in [6.45, 7) is 3.13. The fourth-order valence-electron chi connectivity index (χ4n) is 2.62. The largest absolute Gasteiger partial charge is 0.497 e. The van der Waals surface area contributed by atoms with Gasteiger partial charge in [0.05, 0.1) is 43.7 Å². The number of hydrogen-bond donors (Lipinski definition) is 0. The van der Waals surface area contributed by atoms with E-state index in [1.54, 1.807) is 32.7 Å². The Hall–Kier alpha value is -2.42. The molecule has 6 nitrogen and oxygen atoms in total. The van der Waals surface area contributed by atoms with Gasteiger partial charge in [0.1, 0.15) is 11.5 Å². The van der Waals surface area contributed by atoms with E-state index in [1.807, 2.05) is 46.6 Å². The fraction of sp³-hybridized carbons (Fsp3) is 0.300. The molecular formula is C20H23N3O3S2. The first-order valence-electron chi connectivity index (χ1n) is 8.69. The maximum absolute atomic E-state index is 5.58. The van der Waals surface area contributed by atoms with Crippen molar-refractivity contribution < 1.29 is 14.2 Å². The highest BCUT2D eigenvalue weighted by Gasteiger charge is 2.15. The minimum absolute atomic E-state index is 0.559. The van der Waals surface area contributed by atoms with Gasteiger partial charge in [0.25, 0.3) is 0 Å². The van der Waals surface area contributed by atoms with Crippen molar-refractivity contribution in [3.05, 3.63) is 50.8 Å². The molecule has 0 N–H and O–H groups in total. The monoisotopic (exact) mass is 417 g/mol. The second-order valence-corrected chi connectivity index (χ2v) is 7.60. The zero-order valence-corrected chi connectivity index (χ0v) is 18.0. The smallest absolute Gasteiger partial charge is 0.206 e. The first-order chi connectivity index (χ1) is 13.7. The quantitative estimate of drug-likeness (QED) is 0.409. The lowest BCUT2D eigenvalue weighted by molar-refractivity contribution is 0.207. The maximum atomic E-state index is 5.58. The van der Waals surface area contributed by atoms with Crippen molar-refractivity contribution in [3.63, 3.8) is 0 Å². The van der Waals surface area contributed by atoms with Gasteiger partial charge in [-0.3, -0.25) is 4.99 Å². The lowest BCUT2D eigenvalue weighted by Gasteiger charge is -2.11. The van der Waals surface area contributed by atoms with Crippen LogP contribution in [0.5, 0.6) is 11.5 Å². The molecule has 2 aromatic heterocycles. The molecular weight excluding hydrogens is 394 g/mol. The predicted molar refractivity (Wildman–Crippen MR) is 115 cm³/mol. The van der Waals surface area contributed by atoms with Crippen molar-refractivity contribution in [3.8, 4) is 22.8 Å². The van der Waals surface area contributed by atoms with Gasteiger partial charge in [0.15, 0.2) is 0 Å². The molecule has 0 aliphatic heterocycles. The highest BCUT2D eigenvalue weighted by molar-refractivity contribution is 7.12. The number of aromatic nitrogens is 1. The van der Waals surface area contributed by atoms with E-state index in [4.69, 9.17) is 19.3 Å². The molecule has 3 rings (SSSR count). The highest BCUT2D eigenvalue weighted by atomic mass is 32.1. The number of rotatable bonds is 8. The summed E-state index contributed by atoms with van der Waals surface area (Å²) < 4.78 is 18.0. The van der Waals surface area contributed by atoms with Crippen molar-refractivity contribution in [1.82, 2.24) is 4.68 Å². The lowest BCUT2D eigenvalue weighted by atomic mass is 10.1. The van der Waals surface area contributed by atoms with Gasteiger partial charge in [0.2, 0.25) is 4.80 Å². The highest BCUT2D eigenvalue weighted by Crippen LogP contribution is 2.33. The van der Waals surface area contributed by atoms with Crippen LogP contribution in [0.4, 0.5) is 0 Å². The van der Waals surface area contributed by atoms with Crippen LogP contribution in [0.1, 0.15) is 11.8 Å². The van der Waals surface area contributed by atoms with Crippen molar-refractivity contribution >= 4 is 28.4 Å². The minimum Gasteiger partial charge on any atom is -0.497 e. The number of thiazole rings is 1. The third-order valence-electron chi connectivity index (χ3n) is 4.04. The van der Waals surface area contributed by atoms with E-state index in [-0.39, 0.29) is 0 Å². The third kappa shape index (κ3) is 4.52. The Labute approximate surface area is 172 Å². The molecule has 1 aromatic carbocycles. The Kier molecular flexibility index (Phi) is 7.02. The molecule has 0 bridgehead atoms. The Balaban J connectivity index is 2.17. The topological polar surface area (TPSA) is 57.3 Å². The third-order valence-corrected chi connectivity index (χ3v) is 5.87. The maximum Gasteiger partial charge on any atom is 0.206 e. The first-order valence-corrected chi connectivity index (χ1v) is 10.5. The van der Waals surface area contributed by atoms with Crippen LogP contribution in [0.15, 0.2) is 51.2 Å². The average Bonchev–Trinajstić information content (AvgIpc) is 3.38. The SMILES string of the molecule is COCCN=c1scc(-c2cc(OC)ccc2OC)n1/N=C(\C)c1cccs1. The fourth-order valence-corrected chi connectivity index (χ4v) is 4.14. The number of methoxy groups -OCH3 is 3. The van der Waals surface area contributed by atoms with Crippen molar-refractivity contribution in [2.45, 2.75) is 6.92 Å². The molecule has 0 aliphatic carbocycles.